The number of benzene rings is 1. The van der Waals surface area contributed by atoms with Crippen molar-refractivity contribution in [2.24, 2.45) is 0 Å². The van der Waals surface area contributed by atoms with Crippen molar-refractivity contribution in [3.8, 4) is 0 Å². The van der Waals surface area contributed by atoms with E-state index in [1.54, 1.807) is 30.3 Å². The maximum absolute atomic E-state index is 12.0. The molecule has 2 N–H and O–H groups in total. The molecule has 7 heteroatoms. The minimum atomic E-state index is -0.278. The number of anilines is 1. The first kappa shape index (κ1) is 21.5. The lowest BCUT2D eigenvalue weighted by Crippen LogP contribution is -2.22. The lowest BCUT2D eigenvalue weighted by Gasteiger charge is -2.07. The largest absolute Gasteiger partial charge is 0.352 e. The average molecular weight is 401 g/mol. The summed E-state index contributed by atoms with van der Waals surface area (Å²) in [7, 11) is 0. The van der Waals surface area contributed by atoms with Gasteiger partial charge in [0.1, 0.15) is 5.78 Å². The summed E-state index contributed by atoms with van der Waals surface area (Å²) in [6.45, 7) is 4.31. The number of carbonyl (C=O) groups is 4. The Morgan fingerprint density at radius 2 is 1.57 bits per heavy atom. The SMILES string of the molecule is CCNC(=O)c1ccc(NC(=O)CCC(=O)CCC(=O)c2ccc(C)s2)cc1. The van der Waals surface area contributed by atoms with Crippen molar-refractivity contribution < 1.29 is 19.2 Å². The van der Waals surface area contributed by atoms with Gasteiger partial charge in [-0.25, -0.2) is 0 Å². The van der Waals surface area contributed by atoms with Crippen molar-refractivity contribution in [2.75, 3.05) is 11.9 Å². The Hall–Kier alpha value is -2.80. The molecule has 0 unspecified atom stereocenters. The van der Waals surface area contributed by atoms with Crippen LogP contribution in [0.25, 0.3) is 0 Å². The van der Waals surface area contributed by atoms with Crippen LogP contribution in [0.5, 0.6) is 0 Å². The molecule has 0 aliphatic rings. The van der Waals surface area contributed by atoms with Crippen LogP contribution >= 0.6 is 11.3 Å². The van der Waals surface area contributed by atoms with Crippen LogP contribution in [-0.4, -0.2) is 29.9 Å². The van der Waals surface area contributed by atoms with Crippen LogP contribution in [0.3, 0.4) is 0 Å². The maximum atomic E-state index is 12.0. The number of Topliss-reactive ketones (excluding diaryl/α,β-unsaturated/α-hetero) is 2. The smallest absolute Gasteiger partial charge is 0.251 e. The molecule has 0 saturated heterocycles. The summed E-state index contributed by atoms with van der Waals surface area (Å²) in [6, 6.07) is 10.2. The summed E-state index contributed by atoms with van der Waals surface area (Å²) in [5, 5.41) is 5.40. The monoisotopic (exact) mass is 400 g/mol. The van der Waals surface area contributed by atoms with Gasteiger partial charge in [-0.1, -0.05) is 0 Å². The second-order valence-corrected chi connectivity index (χ2v) is 7.65. The summed E-state index contributed by atoms with van der Waals surface area (Å²) >= 11 is 1.42. The number of carbonyl (C=O) groups excluding carboxylic acids is 4. The van der Waals surface area contributed by atoms with Gasteiger partial charge < -0.3 is 10.6 Å². The Bertz CT molecular complexity index is 856. The van der Waals surface area contributed by atoms with Crippen LogP contribution < -0.4 is 10.6 Å². The van der Waals surface area contributed by atoms with E-state index in [2.05, 4.69) is 10.6 Å². The van der Waals surface area contributed by atoms with E-state index in [4.69, 9.17) is 0 Å². The van der Waals surface area contributed by atoms with Crippen molar-refractivity contribution in [2.45, 2.75) is 39.5 Å². The molecular weight excluding hydrogens is 376 g/mol. The third-order valence-electron chi connectivity index (χ3n) is 4.05. The van der Waals surface area contributed by atoms with Crippen molar-refractivity contribution in [1.82, 2.24) is 5.32 Å². The van der Waals surface area contributed by atoms with Crippen LogP contribution in [0.4, 0.5) is 5.69 Å². The van der Waals surface area contributed by atoms with Gasteiger partial charge in [0.2, 0.25) is 5.91 Å². The number of aryl methyl sites for hydroxylation is 1. The highest BCUT2D eigenvalue weighted by molar-refractivity contribution is 7.14. The lowest BCUT2D eigenvalue weighted by molar-refractivity contribution is -0.122. The number of hydrogen-bond donors (Lipinski definition) is 2. The zero-order chi connectivity index (χ0) is 20.5. The molecule has 2 rings (SSSR count). The lowest BCUT2D eigenvalue weighted by atomic mass is 10.1. The number of thiophene rings is 1. The molecule has 0 aliphatic carbocycles. The number of rotatable bonds is 10. The van der Waals surface area contributed by atoms with E-state index in [0.717, 1.165) is 4.88 Å². The van der Waals surface area contributed by atoms with Crippen LogP contribution in [-0.2, 0) is 9.59 Å². The van der Waals surface area contributed by atoms with Gasteiger partial charge in [-0.15, -0.1) is 11.3 Å². The fourth-order valence-electron chi connectivity index (χ4n) is 2.53. The second-order valence-electron chi connectivity index (χ2n) is 6.36. The highest BCUT2D eigenvalue weighted by Gasteiger charge is 2.13. The molecule has 0 bridgehead atoms. The Morgan fingerprint density at radius 3 is 2.18 bits per heavy atom. The zero-order valence-corrected chi connectivity index (χ0v) is 16.9. The molecule has 0 fully saturated rings. The summed E-state index contributed by atoms with van der Waals surface area (Å²) in [5.74, 6) is -0.594. The minimum Gasteiger partial charge on any atom is -0.352 e. The van der Waals surface area contributed by atoms with Gasteiger partial charge in [0.25, 0.3) is 5.91 Å². The van der Waals surface area contributed by atoms with Crippen molar-refractivity contribution in [3.05, 3.63) is 51.7 Å². The number of ketones is 2. The molecule has 0 saturated carbocycles. The third-order valence-corrected chi connectivity index (χ3v) is 5.09. The molecule has 2 aromatic rings. The van der Waals surface area contributed by atoms with E-state index < -0.39 is 0 Å². The van der Waals surface area contributed by atoms with Gasteiger partial charge in [-0.3, -0.25) is 19.2 Å². The molecule has 0 atom stereocenters. The Morgan fingerprint density at radius 1 is 0.893 bits per heavy atom. The van der Waals surface area contributed by atoms with E-state index >= 15 is 0 Å². The molecule has 1 aromatic heterocycles. The first-order valence-corrected chi connectivity index (χ1v) is 10.00. The van der Waals surface area contributed by atoms with Crippen molar-refractivity contribution in [3.63, 3.8) is 0 Å². The predicted octanol–water partition coefficient (Wildman–Crippen LogP) is 3.76. The molecule has 1 aromatic carbocycles. The molecule has 0 spiro atoms. The van der Waals surface area contributed by atoms with Crippen molar-refractivity contribution >= 4 is 40.4 Å². The maximum Gasteiger partial charge on any atom is 0.251 e. The van der Waals surface area contributed by atoms with Crippen molar-refractivity contribution in [1.29, 1.82) is 0 Å². The van der Waals surface area contributed by atoms with Crippen LogP contribution in [0.1, 0.15) is 57.5 Å². The van der Waals surface area contributed by atoms with Gasteiger partial charge in [0, 0.05) is 48.4 Å². The highest BCUT2D eigenvalue weighted by Crippen LogP contribution is 2.18. The fraction of sp³-hybridized carbons (Fsp3) is 0.333. The predicted molar refractivity (Wildman–Crippen MR) is 110 cm³/mol. The summed E-state index contributed by atoms with van der Waals surface area (Å²) in [4.78, 5) is 49.4. The fourth-order valence-corrected chi connectivity index (χ4v) is 3.36. The first-order valence-electron chi connectivity index (χ1n) is 9.18. The van der Waals surface area contributed by atoms with E-state index in [-0.39, 0.29) is 49.1 Å². The normalized spacial score (nSPS) is 10.4. The standard InChI is InChI=1S/C21H24N2O4S/c1-3-22-21(27)15-5-7-16(8-6-15)23-20(26)13-10-17(24)9-11-18(25)19-12-4-14(2)28-19/h4-8,12H,3,9-11,13H2,1-2H3,(H,22,27)(H,23,26). The molecule has 0 radical (unpaired) electrons. The van der Waals surface area contributed by atoms with Gasteiger partial charge in [0.05, 0.1) is 4.88 Å². The van der Waals surface area contributed by atoms with Gasteiger partial charge in [-0.2, -0.15) is 0 Å². The number of amides is 2. The topological polar surface area (TPSA) is 92.3 Å². The van der Waals surface area contributed by atoms with Crippen LogP contribution in [0, 0.1) is 6.92 Å². The van der Waals surface area contributed by atoms with E-state index in [1.165, 1.54) is 11.3 Å². The molecule has 148 valence electrons. The van der Waals surface area contributed by atoms with Gasteiger partial charge in [-0.05, 0) is 50.2 Å². The molecule has 6 nitrogen and oxygen atoms in total. The zero-order valence-electron chi connectivity index (χ0n) is 16.0. The highest BCUT2D eigenvalue weighted by atomic mass is 32.1. The van der Waals surface area contributed by atoms with E-state index in [9.17, 15) is 19.2 Å². The van der Waals surface area contributed by atoms with Crippen LogP contribution in [0.15, 0.2) is 36.4 Å². The Balaban J connectivity index is 1.72. The quantitative estimate of drug-likeness (QED) is 0.594. The van der Waals surface area contributed by atoms with E-state index in [0.29, 0.717) is 22.7 Å². The summed E-state index contributed by atoms with van der Waals surface area (Å²) < 4.78 is 0. The molecule has 0 aliphatic heterocycles. The molecule has 1 heterocycles. The summed E-state index contributed by atoms with van der Waals surface area (Å²) in [5.41, 5.74) is 1.08. The third kappa shape index (κ3) is 6.74. The first-order chi connectivity index (χ1) is 13.4. The average Bonchev–Trinajstić information content (AvgIpc) is 3.11. The van der Waals surface area contributed by atoms with Crippen LogP contribution in [0.2, 0.25) is 0 Å². The van der Waals surface area contributed by atoms with Gasteiger partial charge in [0.15, 0.2) is 5.78 Å². The Kier molecular flexibility index (Phi) is 8.07. The number of nitrogens with one attached hydrogen (secondary N) is 2. The van der Waals surface area contributed by atoms with E-state index in [1.807, 2.05) is 19.9 Å². The minimum absolute atomic E-state index is 0.0388. The molecular formula is C21H24N2O4S. The Labute approximate surface area is 168 Å². The molecule has 2 amide bonds. The number of hydrogen-bond acceptors (Lipinski definition) is 5. The van der Waals surface area contributed by atoms with Gasteiger partial charge >= 0.3 is 0 Å². The second kappa shape index (κ2) is 10.5. The summed E-state index contributed by atoms with van der Waals surface area (Å²) in [6.07, 6.45) is 0.467. The molecule has 28 heavy (non-hydrogen) atoms.